The summed E-state index contributed by atoms with van der Waals surface area (Å²) < 4.78 is 37.8. The SMILES string of the molecule is CN(C)S(=O)(=O)c1ccc(CNC(=O)c2ccc(F)cc2)cc1. The highest BCUT2D eigenvalue weighted by Gasteiger charge is 2.16. The lowest BCUT2D eigenvalue weighted by molar-refractivity contribution is 0.0951. The quantitative estimate of drug-likeness (QED) is 0.908. The lowest BCUT2D eigenvalue weighted by Crippen LogP contribution is -2.23. The van der Waals surface area contributed by atoms with Crippen molar-refractivity contribution in [3.05, 3.63) is 65.5 Å². The van der Waals surface area contributed by atoms with Gasteiger partial charge in [-0.2, -0.15) is 0 Å². The highest BCUT2D eigenvalue weighted by atomic mass is 32.2. The summed E-state index contributed by atoms with van der Waals surface area (Å²) in [7, 11) is -0.533. The highest BCUT2D eigenvalue weighted by molar-refractivity contribution is 7.89. The smallest absolute Gasteiger partial charge is 0.251 e. The maximum atomic E-state index is 12.8. The molecule has 2 aromatic carbocycles. The number of rotatable bonds is 5. The fourth-order valence-corrected chi connectivity index (χ4v) is 2.78. The summed E-state index contributed by atoms with van der Waals surface area (Å²) in [6.45, 7) is 0.249. The topological polar surface area (TPSA) is 66.5 Å². The van der Waals surface area contributed by atoms with Crippen LogP contribution in [0.3, 0.4) is 0 Å². The first kappa shape index (κ1) is 17.1. The van der Waals surface area contributed by atoms with E-state index in [0.29, 0.717) is 5.56 Å². The largest absolute Gasteiger partial charge is 0.348 e. The van der Waals surface area contributed by atoms with Crippen LogP contribution in [0.2, 0.25) is 0 Å². The number of carbonyl (C=O) groups excluding carboxylic acids is 1. The standard InChI is InChI=1S/C16H17FN2O3S/c1-19(2)23(21,22)15-9-3-12(4-10-15)11-18-16(20)13-5-7-14(17)8-6-13/h3-10H,11H2,1-2H3,(H,18,20). The monoisotopic (exact) mass is 336 g/mol. The lowest BCUT2D eigenvalue weighted by atomic mass is 10.2. The zero-order valence-corrected chi connectivity index (χ0v) is 13.6. The molecule has 0 heterocycles. The molecule has 1 amide bonds. The Balaban J connectivity index is 2.02. The first-order valence-electron chi connectivity index (χ1n) is 6.86. The second kappa shape index (κ2) is 6.89. The van der Waals surface area contributed by atoms with Gasteiger partial charge in [-0.05, 0) is 42.0 Å². The van der Waals surface area contributed by atoms with Crippen LogP contribution in [0.1, 0.15) is 15.9 Å². The fourth-order valence-electron chi connectivity index (χ4n) is 1.88. The Hall–Kier alpha value is -2.25. The number of benzene rings is 2. The Morgan fingerprint density at radius 1 is 1.04 bits per heavy atom. The van der Waals surface area contributed by atoms with Gasteiger partial charge in [0.15, 0.2) is 0 Å². The van der Waals surface area contributed by atoms with E-state index in [1.54, 1.807) is 12.1 Å². The molecule has 0 radical (unpaired) electrons. The third kappa shape index (κ3) is 4.14. The predicted octanol–water partition coefficient (Wildman–Crippen LogP) is 2.01. The number of hydrogen-bond donors (Lipinski definition) is 1. The minimum absolute atomic E-state index is 0.191. The van der Waals surface area contributed by atoms with Crippen molar-refractivity contribution in [1.82, 2.24) is 9.62 Å². The van der Waals surface area contributed by atoms with Gasteiger partial charge in [-0.15, -0.1) is 0 Å². The van der Waals surface area contributed by atoms with E-state index in [0.717, 1.165) is 9.87 Å². The van der Waals surface area contributed by atoms with Crippen molar-refractivity contribution in [1.29, 1.82) is 0 Å². The maximum absolute atomic E-state index is 12.8. The summed E-state index contributed by atoms with van der Waals surface area (Å²) in [5.41, 5.74) is 1.12. The van der Waals surface area contributed by atoms with Gasteiger partial charge in [-0.3, -0.25) is 4.79 Å². The third-order valence-electron chi connectivity index (χ3n) is 3.26. The van der Waals surface area contributed by atoms with Gasteiger partial charge in [0.1, 0.15) is 5.82 Å². The van der Waals surface area contributed by atoms with Gasteiger partial charge in [-0.25, -0.2) is 17.1 Å². The molecule has 122 valence electrons. The number of hydrogen-bond acceptors (Lipinski definition) is 3. The number of amides is 1. The van der Waals surface area contributed by atoms with Crippen LogP contribution < -0.4 is 5.32 Å². The molecule has 2 rings (SSSR count). The first-order chi connectivity index (χ1) is 10.8. The van der Waals surface area contributed by atoms with E-state index in [-0.39, 0.29) is 17.3 Å². The number of nitrogens with zero attached hydrogens (tertiary/aromatic N) is 1. The minimum Gasteiger partial charge on any atom is -0.348 e. The van der Waals surface area contributed by atoms with Crippen LogP contribution in [0.25, 0.3) is 0 Å². The Morgan fingerprint density at radius 2 is 1.61 bits per heavy atom. The zero-order chi connectivity index (χ0) is 17.0. The highest BCUT2D eigenvalue weighted by Crippen LogP contribution is 2.14. The zero-order valence-electron chi connectivity index (χ0n) is 12.8. The molecule has 7 heteroatoms. The van der Waals surface area contributed by atoms with Gasteiger partial charge >= 0.3 is 0 Å². The summed E-state index contributed by atoms with van der Waals surface area (Å²) in [5.74, 6) is -0.728. The van der Waals surface area contributed by atoms with Crippen molar-refractivity contribution in [2.75, 3.05) is 14.1 Å². The second-order valence-electron chi connectivity index (χ2n) is 5.12. The molecule has 0 bridgehead atoms. The van der Waals surface area contributed by atoms with Crippen molar-refractivity contribution in [2.24, 2.45) is 0 Å². The first-order valence-corrected chi connectivity index (χ1v) is 8.30. The van der Waals surface area contributed by atoms with Crippen LogP contribution in [-0.2, 0) is 16.6 Å². The van der Waals surface area contributed by atoms with Crippen molar-refractivity contribution < 1.29 is 17.6 Å². The van der Waals surface area contributed by atoms with E-state index >= 15 is 0 Å². The lowest BCUT2D eigenvalue weighted by Gasteiger charge is -2.12. The fraction of sp³-hybridized carbons (Fsp3) is 0.188. The van der Waals surface area contributed by atoms with Crippen LogP contribution >= 0.6 is 0 Å². The van der Waals surface area contributed by atoms with Gasteiger partial charge in [-0.1, -0.05) is 12.1 Å². The van der Waals surface area contributed by atoms with Gasteiger partial charge in [0.05, 0.1) is 4.90 Å². The van der Waals surface area contributed by atoms with Crippen LogP contribution in [-0.4, -0.2) is 32.7 Å². The van der Waals surface area contributed by atoms with Gasteiger partial charge < -0.3 is 5.32 Å². The molecule has 2 aromatic rings. The van der Waals surface area contributed by atoms with E-state index in [4.69, 9.17) is 0 Å². The molecular weight excluding hydrogens is 319 g/mol. The van der Waals surface area contributed by atoms with Crippen molar-refractivity contribution in [3.63, 3.8) is 0 Å². The summed E-state index contributed by atoms with van der Waals surface area (Å²) in [6.07, 6.45) is 0. The van der Waals surface area contributed by atoms with E-state index in [9.17, 15) is 17.6 Å². The van der Waals surface area contributed by atoms with Crippen LogP contribution in [0.5, 0.6) is 0 Å². The summed E-state index contributed by atoms with van der Waals surface area (Å²) in [5, 5.41) is 2.69. The number of nitrogens with one attached hydrogen (secondary N) is 1. The molecule has 0 spiro atoms. The molecule has 0 fully saturated rings. The summed E-state index contributed by atoms with van der Waals surface area (Å²) in [6, 6.07) is 11.5. The minimum atomic E-state index is -3.46. The second-order valence-corrected chi connectivity index (χ2v) is 7.27. The molecule has 1 N–H and O–H groups in total. The van der Waals surface area contributed by atoms with Crippen LogP contribution in [0, 0.1) is 5.82 Å². The number of halogens is 1. The number of carbonyl (C=O) groups is 1. The van der Waals surface area contributed by atoms with E-state index in [2.05, 4.69) is 5.32 Å². The third-order valence-corrected chi connectivity index (χ3v) is 5.09. The molecule has 0 unspecified atom stereocenters. The van der Waals surface area contributed by atoms with Crippen LogP contribution in [0.15, 0.2) is 53.4 Å². The molecule has 0 aliphatic heterocycles. The van der Waals surface area contributed by atoms with Crippen molar-refractivity contribution in [2.45, 2.75) is 11.4 Å². The Labute approximate surface area is 134 Å². The Kier molecular flexibility index (Phi) is 5.12. The summed E-state index contributed by atoms with van der Waals surface area (Å²) >= 11 is 0. The molecule has 0 saturated carbocycles. The van der Waals surface area contributed by atoms with Gasteiger partial charge in [0, 0.05) is 26.2 Å². The van der Waals surface area contributed by atoms with E-state index in [1.165, 1.54) is 50.5 Å². The molecule has 0 atom stereocenters. The van der Waals surface area contributed by atoms with Crippen molar-refractivity contribution in [3.8, 4) is 0 Å². The summed E-state index contributed by atoms with van der Waals surface area (Å²) in [4.78, 5) is 12.1. The molecule has 23 heavy (non-hydrogen) atoms. The van der Waals surface area contributed by atoms with E-state index < -0.39 is 15.8 Å². The average molecular weight is 336 g/mol. The average Bonchev–Trinajstić information content (AvgIpc) is 2.53. The predicted molar refractivity (Wildman–Crippen MR) is 84.9 cm³/mol. The Bertz CT molecular complexity index is 785. The molecule has 5 nitrogen and oxygen atoms in total. The van der Waals surface area contributed by atoms with Crippen molar-refractivity contribution >= 4 is 15.9 Å². The van der Waals surface area contributed by atoms with Gasteiger partial charge in [0.2, 0.25) is 10.0 Å². The van der Waals surface area contributed by atoms with E-state index in [1.807, 2.05) is 0 Å². The molecule has 0 aromatic heterocycles. The molecule has 0 aliphatic carbocycles. The number of sulfonamides is 1. The molecular formula is C16H17FN2O3S. The normalized spacial score (nSPS) is 11.5. The van der Waals surface area contributed by atoms with Crippen LogP contribution in [0.4, 0.5) is 4.39 Å². The maximum Gasteiger partial charge on any atom is 0.251 e. The molecule has 0 aliphatic rings. The Morgan fingerprint density at radius 3 is 2.13 bits per heavy atom. The molecule has 0 saturated heterocycles. The van der Waals surface area contributed by atoms with Gasteiger partial charge in [0.25, 0.3) is 5.91 Å².